The molecule has 6 rings (SSSR count). The number of amides is 2. The van der Waals surface area contributed by atoms with E-state index >= 15 is 0 Å². The molecular weight excluding hydrogens is 510 g/mol. The molecule has 1 N–H and O–H groups in total. The molecule has 1 aliphatic heterocycles. The number of carbonyl (C=O) groups excluding carboxylic acids is 3. The first kappa shape index (κ1) is 28.9. The summed E-state index contributed by atoms with van der Waals surface area (Å²) >= 11 is 0. The molecule has 6 heteroatoms. The van der Waals surface area contributed by atoms with Crippen LogP contribution in [0, 0.1) is 38.9 Å². The van der Waals surface area contributed by atoms with Crippen LogP contribution in [-0.4, -0.2) is 67.2 Å². The molecule has 2 amide bonds. The van der Waals surface area contributed by atoms with Gasteiger partial charge in [0.15, 0.2) is 0 Å². The number of Topliss-reactive ketones (excluding diaryl/α,β-unsaturated/α-hetero) is 1. The minimum Gasteiger partial charge on any atom is -0.337 e. The summed E-state index contributed by atoms with van der Waals surface area (Å²) in [6.07, 6.45) is 14.2. The summed E-state index contributed by atoms with van der Waals surface area (Å²) in [4.78, 5) is 42.6. The van der Waals surface area contributed by atoms with Crippen LogP contribution in [-0.2, 0) is 9.59 Å². The van der Waals surface area contributed by atoms with Crippen LogP contribution in [0.25, 0.3) is 0 Å². The number of likely N-dealkylation sites (N-methyl/N-ethyl adjacent to an activating group) is 1. The van der Waals surface area contributed by atoms with E-state index in [0.717, 1.165) is 76.0 Å². The van der Waals surface area contributed by atoms with Gasteiger partial charge in [0, 0.05) is 44.1 Å². The topological polar surface area (TPSA) is 69.7 Å². The van der Waals surface area contributed by atoms with E-state index in [1.165, 1.54) is 18.4 Å². The fraction of sp³-hybridized carbons (Fsp3) is 0.743. The maximum Gasteiger partial charge on any atom is 0.317 e. The highest BCUT2D eigenvalue weighted by atomic mass is 16.2. The predicted octanol–water partition coefficient (Wildman–Crippen LogP) is 5.94. The van der Waals surface area contributed by atoms with Crippen LogP contribution in [0.15, 0.2) is 34.9 Å². The van der Waals surface area contributed by atoms with Crippen molar-refractivity contribution in [1.82, 2.24) is 15.1 Å². The Labute approximate surface area is 247 Å². The lowest BCUT2D eigenvalue weighted by Crippen LogP contribution is -2.62. The first-order chi connectivity index (χ1) is 19.2. The highest BCUT2D eigenvalue weighted by molar-refractivity contribution is 6.44. The van der Waals surface area contributed by atoms with Crippen molar-refractivity contribution in [1.29, 1.82) is 0 Å². The number of rotatable bonds is 2. The molecule has 1 saturated heterocycles. The molecule has 1 unspecified atom stereocenters. The van der Waals surface area contributed by atoms with Crippen molar-refractivity contribution in [3.63, 3.8) is 0 Å². The average molecular weight is 562 g/mol. The smallest absolute Gasteiger partial charge is 0.317 e. The molecular formula is C35H51N3O3. The van der Waals surface area contributed by atoms with Gasteiger partial charge in [-0.25, -0.2) is 4.79 Å². The summed E-state index contributed by atoms with van der Waals surface area (Å²) < 4.78 is 0. The van der Waals surface area contributed by atoms with E-state index in [0.29, 0.717) is 11.3 Å². The zero-order valence-electron chi connectivity index (χ0n) is 26.5. The number of allylic oxidation sites excluding steroid dienone is 6. The summed E-state index contributed by atoms with van der Waals surface area (Å²) in [6, 6.07) is 0.0961. The van der Waals surface area contributed by atoms with Gasteiger partial charge in [-0.15, -0.1) is 0 Å². The fourth-order valence-electron chi connectivity index (χ4n) is 10.2. The van der Waals surface area contributed by atoms with E-state index in [-0.39, 0.29) is 45.2 Å². The first-order valence-corrected chi connectivity index (χ1v) is 16.1. The number of piperazine rings is 1. The maximum atomic E-state index is 13.1. The van der Waals surface area contributed by atoms with Gasteiger partial charge >= 0.3 is 6.03 Å². The lowest BCUT2D eigenvalue weighted by Gasteiger charge is -2.70. The van der Waals surface area contributed by atoms with Crippen LogP contribution in [0.5, 0.6) is 0 Å². The number of nitrogens with one attached hydrogen (secondary N) is 1. The standard InChI is InChI=1S/C35H51N3O3/c1-23-24-8-9-27-33(4,25(24)20-26(39)29(23)40)13-15-35(6)28-21-31(2,10-11-32(28,3)12-14-34(27,35)5)22-36-30(41)38-18-16-37(7)17-19-38/h8-9,20,23,28H,10-19,21-22H2,1-7H3,(H,36,41)/t23?,28-,31-,32-,33+,34-,35+/m1/s1. The van der Waals surface area contributed by atoms with Crippen molar-refractivity contribution in [3.05, 3.63) is 34.9 Å². The van der Waals surface area contributed by atoms with Crippen molar-refractivity contribution in [2.45, 2.75) is 86.5 Å². The van der Waals surface area contributed by atoms with Gasteiger partial charge in [-0.05, 0) is 96.8 Å². The van der Waals surface area contributed by atoms with E-state index in [1.54, 1.807) is 6.08 Å². The minimum absolute atomic E-state index is 0.0160. The van der Waals surface area contributed by atoms with Crippen LogP contribution in [0.3, 0.4) is 0 Å². The molecule has 224 valence electrons. The van der Waals surface area contributed by atoms with Crippen LogP contribution in [0.4, 0.5) is 4.79 Å². The number of carbonyl (C=O) groups is 3. The SMILES string of the molecule is CC1C(=O)C(=O)C=C2C1=CC=C1[C@@]2(C)CC[C@@]2(C)[C@@H]3C[C@](C)(CNC(=O)N4CCN(C)CC4)CC[C@]3(C)CC[C@]12C. The molecule has 3 saturated carbocycles. The Kier molecular flexibility index (Phi) is 6.62. The zero-order valence-corrected chi connectivity index (χ0v) is 26.5. The van der Waals surface area contributed by atoms with E-state index < -0.39 is 0 Å². The van der Waals surface area contributed by atoms with Gasteiger partial charge in [-0.3, -0.25) is 9.59 Å². The van der Waals surface area contributed by atoms with Crippen molar-refractivity contribution in [2.75, 3.05) is 39.8 Å². The molecule has 6 aliphatic rings. The highest BCUT2D eigenvalue weighted by Crippen LogP contribution is 2.75. The first-order valence-electron chi connectivity index (χ1n) is 16.1. The molecule has 0 aromatic carbocycles. The van der Waals surface area contributed by atoms with Crippen LogP contribution in [0.1, 0.15) is 86.5 Å². The summed E-state index contributed by atoms with van der Waals surface area (Å²) in [5.41, 5.74) is 3.95. The molecule has 41 heavy (non-hydrogen) atoms. The Morgan fingerprint density at radius 1 is 0.927 bits per heavy atom. The van der Waals surface area contributed by atoms with E-state index in [9.17, 15) is 14.4 Å². The fourth-order valence-corrected chi connectivity index (χ4v) is 10.2. The van der Waals surface area contributed by atoms with E-state index in [1.807, 2.05) is 11.8 Å². The molecule has 6 nitrogen and oxygen atoms in total. The third kappa shape index (κ3) is 4.17. The second kappa shape index (κ2) is 9.39. The van der Waals surface area contributed by atoms with Gasteiger partial charge in [-0.1, -0.05) is 59.3 Å². The van der Waals surface area contributed by atoms with Gasteiger partial charge in [0.1, 0.15) is 0 Å². The van der Waals surface area contributed by atoms with Crippen LogP contribution < -0.4 is 5.32 Å². The van der Waals surface area contributed by atoms with Crippen molar-refractivity contribution in [2.24, 2.45) is 38.9 Å². The second-order valence-corrected chi connectivity index (χ2v) is 16.0. The molecule has 0 bridgehead atoms. The molecule has 4 fully saturated rings. The van der Waals surface area contributed by atoms with Gasteiger partial charge < -0.3 is 15.1 Å². The largest absolute Gasteiger partial charge is 0.337 e. The summed E-state index contributed by atoms with van der Waals surface area (Å²) in [6.45, 7) is 18.5. The molecule has 0 aromatic heterocycles. The lowest BCUT2D eigenvalue weighted by atomic mass is 9.34. The third-order valence-electron chi connectivity index (χ3n) is 13.6. The maximum absolute atomic E-state index is 13.1. The normalized spacial score (nSPS) is 44.5. The van der Waals surface area contributed by atoms with Crippen molar-refractivity contribution in [3.8, 4) is 0 Å². The number of ketones is 2. The van der Waals surface area contributed by atoms with Crippen LogP contribution >= 0.6 is 0 Å². The van der Waals surface area contributed by atoms with Crippen molar-refractivity contribution >= 4 is 17.6 Å². The molecule has 5 aliphatic carbocycles. The third-order valence-corrected chi connectivity index (χ3v) is 13.6. The lowest BCUT2D eigenvalue weighted by molar-refractivity contribution is -0.160. The monoisotopic (exact) mass is 561 g/mol. The number of hydrogen-bond donors (Lipinski definition) is 1. The molecule has 0 spiro atoms. The van der Waals surface area contributed by atoms with Gasteiger partial charge in [0.25, 0.3) is 0 Å². The zero-order chi connectivity index (χ0) is 29.6. The van der Waals surface area contributed by atoms with Gasteiger partial charge in [0.2, 0.25) is 11.6 Å². The summed E-state index contributed by atoms with van der Waals surface area (Å²) in [5.74, 6) is -0.398. The predicted molar refractivity (Wildman–Crippen MR) is 162 cm³/mol. The minimum atomic E-state index is -0.354. The average Bonchev–Trinajstić information content (AvgIpc) is 2.94. The quantitative estimate of drug-likeness (QED) is 0.424. The number of nitrogens with zero attached hydrogens (tertiary/aromatic N) is 2. The number of fused-ring (bicyclic) bond motifs is 7. The van der Waals surface area contributed by atoms with E-state index in [4.69, 9.17) is 0 Å². The number of hydrogen-bond acceptors (Lipinski definition) is 4. The Balaban J connectivity index is 1.28. The van der Waals surface area contributed by atoms with Gasteiger partial charge in [-0.2, -0.15) is 0 Å². The molecule has 0 aromatic rings. The Morgan fingerprint density at radius 2 is 1.61 bits per heavy atom. The summed E-state index contributed by atoms with van der Waals surface area (Å²) in [5, 5.41) is 3.36. The van der Waals surface area contributed by atoms with Gasteiger partial charge in [0.05, 0.1) is 0 Å². The van der Waals surface area contributed by atoms with Crippen molar-refractivity contribution < 1.29 is 14.4 Å². The number of urea groups is 1. The van der Waals surface area contributed by atoms with Crippen LogP contribution in [0.2, 0.25) is 0 Å². The molecule has 7 atom stereocenters. The molecule has 1 heterocycles. The molecule has 0 radical (unpaired) electrons. The summed E-state index contributed by atoms with van der Waals surface area (Å²) in [7, 11) is 2.12. The second-order valence-electron chi connectivity index (χ2n) is 16.0. The Morgan fingerprint density at radius 3 is 2.32 bits per heavy atom. The Hall–Kier alpha value is -2.21. The van der Waals surface area contributed by atoms with E-state index in [2.05, 4.69) is 64.0 Å². The Bertz CT molecular complexity index is 1270. The highest BCUT2D eigenvalue weighted by Gasteiger charge is 2.66.